The van der Waals surface area contributed by atoms with E-state index in [2.05, 4.69) is 11.4 Å². The maximum atomic E-state index is 12.6. The van der Waals surface area contributed by atoms with Gasteiger partial charge in [-0.15, -0.1) is 0 Å². The zero-order valence-corrected chi connectivity index (χ0v) is 13.2. The van der Waals surface area contributed by atoms with E-state index in [1.54, 1.807) is 7.11 Å². The number of ether oxygens (including phenoxy) is 1. The molecule has 22 heavy (non-hydrogen) atoms. The molecule has 0 saturated heterocycles. The highest BCUT2D eigenvalue weighted by molar-refractivity contribution is 5.85. The molecule has 1 aromatic carbocycles. The second-order valence-corrected chi connectivity index (χ2v) is 6.74. The standard InChI is InChI=1S/C18H25NO3/c1-22-14-6-4-13-5-7-15(16(13)10-14)17(21)19-11-18(12-20)8-2-3-9-18/h4,6,10,15,20H,2-3,5,7-9,11-12H2,1H3,(H,19,21). The van der Waals surface area contributed by atoms with Gasteiger partial charge in [0.2, 0.25) is 5.91 Å². The van der Waals surface area contributed by atoms with E-state index >= 15 is 0 Å². The van der Waals surface area contributed by atoms with Gasteiger partial charge in [0.15, 0.2) is 0 Å². The number of rotatable bonds is 5. The molecule has 0 aliphatic heterocycles. The topological polar surface area (TPSA) is 58.6 Å². The third kappa shape index (κ3) is 2.84. The molecule has 0 bridgehead atoms. The summed E-state index contributed by atoms with van der Waals surface area (Å²) in [5.41, 5.74) is 2.26. The summed E-state index contributed by atoms with van der Waals surface area (Å²) < 4.78 is 5.28. The van der Waals surface area contributed by atoms with Crippen LogP contribution < -0.4 is 10.1 Å². The van der Waals surface area contributed by atoms with Gasteiger partial charge < -0.3 is 15.2 Å². The first-order valence-corrected chi connectivity index (χ1v) is 8.23. The predicted molar refractivity (Wildman–Crippen MR) is 85.1 cm³/mol. The van der Waals surface area contributed by atoms with Crippen LogP contribution in [0.4, 0.5) is 0 Å². The number of aryl methyl sites for hydroxylation is 1. The number of aliphatic hydroxyl groups is 1. The Morgan fingerprint density at radius 1 is 1.41 bits per heavy atom. The van der Waals surface area contributed by atoms with Gasteiger partial charge in [0, 0.05) is 12.0 Å². The van der Waals surface area contributed by atoms with Gasteiger partial charge in [-0.3, -0.25) is 4.79 Å². The van der Waals surface area contributed by atoms with Gasteiger partial charge in [-0.25, -0.2) is 0 Å². The molecule has 2 aliphatic rings. The number of benzene rings is 1. The number of nitrogens with one attached hydrogen (secondary N) is 1. The van der Waals surface area contributed by atoms with Crippen molar-refractivity contribution in [1.29, 1.82) is 0 Å². The van der Waals surface area contributed by atoms with Crippen molar-refractivity contribution in [1.82, 2.24) is 5.32 Å². The SMILES string of the molecule is COc1ccc2c(c1)C(C(=O)NCC1(CO)CCCC1)CC2. The van der Waals surface area contributed by atoms with Gasteiger partial charge >= 0.3 is 0 Å². The van der Waals surface area contributed by atoms with Crippen LogP contribution in [0.25, 0.3) is 0 Å². The molecule has 1 saturated carbocycles. The molecular weight excluding hydrogens is 278 g/mol. The highest BCUT2D eigenvalue weighted by Gasteiger charge is 2.35. The second-order valence-electron chi connectivity index (χ2n) is 6.74. The second kappa shape index (κ2) is 6.29. The van der Waals surface area contributed by atoms with Gasteiger partial charge in [-0.05, 0) is 48.9 Å². The molecule has 1 fully saturated rings. The summed E-state index contributed by atoms with van der Waals surface area (Å²) >= 11 is 0. The van der Waals surface area contributed by atoms with Gasteiger partial charge in [0.25, 0.3) is 0 Å². The minimum absolute atomic E-state index is 0.0813. The number of hydrogen-bond acceptors (Lipinski definition) is 3. The Morgan fingerprint density at radius 3 is 2.86 bits per heavy atom. The van der Waals surface area contributed by atoms with Gasteiger partial charge in [-0.2, -0.15) is 0 Å². The fourth-order valence-corrected chi connectivity index (χ4v) is 3.89. The largest absolute Gasteiger partial charge is 0.497 e. The molecule has 2 aliphatic carbocycles. The third-order valence-electron chi connectivity index (χ3n) is 5.38. The predicted octanol–water partition coefficient (Wildman–Crippen LogP) is 2.39. The molecule has 1 unspecified atom stereocenters. The average molecular weight is 303 g/mol. The van der Waals surface area contributed by atoms with E-state index in [1.807, 2.05) is 12.1 Å². The summed E-state index contributed by atoms with van der Waals surface area (Å²) in [7, 11) is 1.65. The molecule has 1 atom stereocenters. The van der Waals surface area contributed by atoms with Gasteiger partial charge in [0.1, 0.15) is 5.75 Å². The summed E-state index contributed by atoms with van der Waals surface area (Å²) in [5.74, 6) is 0.815. The Labute approximate surface area is 131 Å². The lowest BCUT2D eigenvalue weighted by molar-refractivity contribution is -0.123. The van der Waals surface area contributed by atoms with Crippen LogP contribution in [0.3, 0.4) is 0 Å². The summed E-state index contributed by atoms with van der Waals surface area (Å²) in [6.07, 6.45) is 6.14. The fourth-order valence-electron chi connectivity index (χ4n) is 3.89. The van der Waals surface area contributed by atoms with E-state index in [0.29, 0.717) is 6.54 Å². The summed E-state index contributed by atoms with van der Waals surface area (Å²) in [6, 6.07) is 6.01. The van der Waals surface area contributed by atoms with Crippen LogP contribution in [0.5, 0.6) is 5.75 Å². The van der Waals surface area contributed by atoms with Crippen molar-refractivity contribution >= 4 is 5.91 Å². The van der Waals surface area contributed by atoms with Crippen molar-refractivity contribution in [2.75, 3.05) is 20.3 Å². The first-order chi connectivity index (χ1) is 10.7. The highest BCUT2D eigenvalue weighted by atomic mass is 16.5. The van der Waals surface area contributed by atoms with Crippen molar-refractivity contribution in [3.63, 3.8) is 0 Å². The van der Waals surface area contributed by atoms with Crippen LogP contribution in [0.1, 0.15) is 49.1 Å². The molecular formula is C18H25NO3. The van der Waals surface area contributed by atoms with Crippen molar-refractivity contribution in [3.8, 4) is 5.75 Å². The van der Waals surface area contributed by atoms with Crippen molar-refractivity contribution in [3.05, 3.63) is 29.3 Å². The van der Waals surface area contributed by atoms with E-state index in [1.165, 1.54) is 5.56 Å². The summed E-state index contributed by atoms with van der Waals surface area (Å²) in [4.78, 5) is 12.6. The van der Waals surface area contributed by atoms with Crippen LogP contribution in [-0.2, 0) is 11.2 Å². The Morgan fingerprint density at radius 2 is 2.18 bits per heavy atom. The van der Waals surface area contributed by atoms with E-state index in [-0.39, 0.29) is 23.8 Å². The van der Waals surface area contributed by atoms with E-state index in [0.717, 1.165) is 49.8 Å². The van der Waals surface area contributed by atoms with Crippen LogP contribution >= 0.6 is 0 Å². The van der Waals surface area contributed by atoms with E-state index in [4.69, 9.17) is 4.74 Å². The summed E-state index contributed by atoms with van der Waals surface area (Å²) in [6.45, 7) is 0.764. The summed E-state index contributed by atoms with van der Waals surface area (Å²) in [5, 5.41) is 12.7. The van der Waals surface area contributed by atoms with Crippen LogP contribution in [0.15, 0.2) is 18.2 Å². The molecule has 120 valence electrons. The lowest BCUT2D eigenvalue weighted by Crippen LogP contribution is -2.40. The Kier molecular flexibility index (Phi) is 4.39. The monoisotopic (exact) mass is 303 g/mol. The van der Waals surface area contributed by atoms with Crippen molar-refractivity contribution < 1.29 is 14.6 Å². The minimum Gasteiger partial charge on any atom is -0.497 e. The van der Waals surface area contributed by atoms with Crippen LogP contribution in [0, 0.1) is 5.41 Å². The Bertz CT molecular complexity index is 549. The lowest BCUT2D eigenvalue weighted by Gasteiger charge is -2.27. The number of carbonyl (C=O) groups excluding carboxylic acids is 1. The first kappa shape index (κ1) is 15.3. The molecule has 4 heteroatoms. The molecule has 0 radical (unpaired) electrons. The van der Waals surface area contributed by atoms with E-state index in [9.17, 15) is 9.90 Å². The molecule has 1 amide bonds. The fraction of sp³-hybridized carbons (Fsp3) is 0.611. The average Bonchev–Trinajstić information content (AvgIpc) is 3.19. The zero-order chi connectivity index (χ0) is 15.6. The van der Waals surface area contributed by atoms with Gasteiger partial charge in [0.05, 0.1) is 19.6 Å². The molecule has 0 aromatic heterocycles. The maximum Gasteiger partial charge on any atom is 0.227 e. The lowest BCUT2D eigenvalue weighted by atomic mass is 9.87. The molecule has 1 aromatic rings. The van der Waals surface area contributed by atoms with Crippen molar-refractivity contribution in [2.45, 2.75) is 44.4 Å². The molecule has 0 heterocycles. The third-order valence-corrected chi connectivity index (χ3v) is 5.38. The molecule has 0 spiro atoms. The number of methoxy groups -OCH3 is 1. The normalized spacial score (nSPS) is 22.4. The number of hydrogen-bond donors (Lipinski definition) is 2. The van der Waals surface area contributed by atoms with Crippen molar-refractivity contribution in [2.24, 2.45) is 5.41 Å². The number of amides is 1. The quantitative estimate of drug-likeness (QED) is 0.878. The van der Waals surface area contributed by atoms with Crippen LogP contribution in [-0.4, -0.2) is 31.3 Å². The highest BCUT2D eigenvalue weighted by Crippen LogP contribution is 2.38. The smallest absolute Gasteiger partial charge is 0.227 e. The first-order valence-electron chi connectivity index (χ1n) is 8.23. The minimum atomic E-state index is -0.0918. The number of fused-ring (bicyclic) bond motifs is 1. The molecule has 3 rings (SSSR count). The van der Waals surface area contributed by atoms with Crippen LogP contribution in [0.2, 0.25) is 0 Å². The van der Waals surface area contributed by atoms with E-state index < -0.39 is 0 Å². The van der Waals surface area contributed by atoms with Gasteiger partial charge in [-0.1, -0.05) is 18.9 Å². The Hall–Kier alpha value is -1.55. The number of carbonyl (C=O) groups is 1. The zero-order valence-electron chi connectivity index (χ0n) is 13.2. The molecule has 4 nitrogen and oxygen atoms in total. The Balaban J connectivity index is 1.67. The molecule has 2 N–H and O–H groups in total. The maximum absolute atomic E-state index is 12.6. The number of aliphatic hydroxyl groups excluding tert-OH is 1.